The topological polar surface area (TPSA) is 56.7 Å². The lowest BCUT2D eigenvalue weighted by atomic mass is 10.2. The van der Waals surface area contributed by atoms with Gasteiger partial charge in [0.15, 0.2) is 0 Å². The maximum Gasteiger partial charge on any atom is 0.143 e. The van der Waals surface area contributed by atoms with E-state index in [2.05, 4.69) is 17.1 Å². The molecule has 0 bridgehead atoms. The van der Waals surface area contributed by atoms with Crippen LogP contribution in [0.2, 0.25) is 0 Å². The van der Waals surface area contributed by atoms with Crippen molar-refractivity contribution in [3.8, 4) is 0 Å². The van der Waals surface area contributed by atoms with E-state index in [9.17, 15) is 0 Å². The second-order valence-corrected chi connectivity index (χ2v) is 5.05. The lowest BCUT2D eigenvalue weighted by Crippen LogP contribution is -1.98. The summed E-state index contributed by atoms with van der Waals surface area (Å²) in [5, 5.41) is 8.19. The molecule has 17 heavy (non-hydrogen) atoms. The van der Waals surface area contributed by atoms with Crippen molar-refractivity contribution in [2.24, 2.45) is 7.05 Å². The van der Waals surface area contributed by atoms with Crippen molar-refractivity contribution in [1.29, 1.82) is 0 Å². The molecule has 0 aliphatic carbocycles. The van der Waals surface area contributed by atoms with E-state index in [0.29, 0.717) is 0 Å². The largest absolute Gasteiger partial charge is 0.399 e. The second-order valence-electron chi connectivity index (χ2n) is 4.04. The third-order valence-corrected chi connectivity index (χ3v) is 3.91. The van der Waals surface area contributed by atoms with Gasteiger partial charge >= 0.3 is 0 Å². The van der Waals surface area contributed by atoms with Crippen LogP contribution in [0, 0.1) is 13.8 Å². The molecule has 0 saturated heterocycles. The van der Waals surface area contributed by atoms with E-state index in [-0.39, 0.29) is 0 Å². The quantitative estimate of drug-likeness (QED) is 0.669. The number of anilines is 1. The molecule has 1 heterocycles. The van der Waals surface area contributed by atoms with Gasteiger partial charge in [-0.1, -0.05) is 6.07 Å². The van der Waals surface area contributed by atoms with Crippen LogP contribution in [0.3, 0.4) is 0 Å². The van der Waals surface area contributed by atoms with Crippen molar-refractivity contribution in [2.45, 2.75) is 24.5 Å². The van der Waals surface area contributed by atoms with Gasteiger partial charge in [0.1, 0.15) is 11.6 Å². The lowest BCUT2D eigenvalue weighted by molar-refractivity contribution is 0.816. The fourth-order valence-electron chi connectivity index (χ4n) is 1.49. The Hall–Kier alpha value is -1.49. The molecule has 0 fully saturated rings. The molecule has 0 aliphatic rings. The zero-order valence-corrected chi connectivity index (χ0v) is 11.1. The number of thioether (sulfide) groups is 1. The molecule has 0 saturated carbocycles. The number of benzene rings is 1. The van der Waals surface area contributed by atoms with Crippen LogP contribution in [0.15, 0.2) is 23.1 Å². The molecule has 5 heteroatoms. The highest BCUT2D eigenvalue weighted by Gasteiger charge is 2.06. The highest BCUT2D eigenvalue weighted by molar-refractivity contribution is 7.98. The van der Waals surface area contributed by atoms with Crippen LogP contribution in [-0.2, 0) is 12.8 Å². The van der Waals surface area contributed by atoms with Gasteiger partial charge in [0, 0.05) is 17.6 Å². The van der Waals surface area contributed by atoms with Crippen molar-refractivity contribution in [2.75, 3.05) is 5.73 Å². The van der Waals surface area contributed by atoms with Crippen molar-refractivity contribution in [3.05, 3.63) is 35.4 Å². The van der Waals surface area contributed by atoms with Gasteiger partial charge < -0.3 is 10.3 Å². The predicted molar refractivity (Wildman–Crippen MR) is 70.9 cm³/mol. The third-order valence-electron chi connectivity index (χ3n) is 2.75. The second kappa shape index (κ2) is 4.79. The minimum Gasteiger partial charge on any atom is -0.399 e. The zero-order chi connectivity index (χ0) is 12.4. The molecule has 0 unspecified atom stereocenters. The normalized spacial score (nSPS) is 10.8. The SMILES string of the molecule is Cc1ccc(N)cc1SCc1nnc(C)n1C. The summed E-state index contributed by atoms with van der Waals surface area (Å²) in [5.41, 5.74) is 7.82. The van der Waals surface area contributed by atoms with E-state index in [1.54, 1.807) is 11.8 Å². The van der Waals surface area contributed by atoms with Gasteiger partial charge in [0.25, 0.3) is 0 Å². The van der Waals surface area contributed by atoms with Crippen molar-refractivity contribution in [3.63, 3.8) is 0 Å². The molecular formula is C12H16N4S. The van der Waals surface area contributed by atoms with E-state index < -0.39 is 0 Å². The first-order chi connectivity index (χ1) is 8.08. The van der Waals surface area contributed by atoms with Crippen LogP contribution in [0.4, 0.5) is 5.69 Å². The summed E-state index contributed by atoms with van der Waals surface area (Å²) in [6, 6.07) is 5.97. The fourth-order valence-corrected chi connectivity index (χ4v) is 2.54. The van der Waals surface area contributed by atoms with Crippen LogP contribution >= 0.6 is 11.8 Å². The maximum absolute atomic E-state index is 5.78. The smallest absolute Gasteiger partial charge is 0.143 e. The summed E-state index contributed by atoms with van der Waals surface area (Å²) in [4.78, 5) is 1.20. The van der Waals surface area contributed by atoms with Gasteiger partial charge in [0.2, 0.25) is 0 Å². The number of hydrogen-bond donors (Lipinski definition) is 1. The minimum atomic E-state index is 0.798. The van der Waals surface area contributed by atoms with Crippen LogP contribution in [0.1, 0.15) is 17.2 Å². The molecule has 0 atom stereocenters. The number of aryl methyl sites for hydroxylation is 2. The third kappa shape index (κ3) is 2.61. The number of rotatable bonds is 3. The summed E-state index contributed by atoms with van der Waals surface area (Å²) in [6.45, 7) is 4.04. The summed E-state index contributed by atoms with van der Waals surface area (Å²) >= 11 is 1.74. The molecule has 0 aliphatic heterocycles. The number of hydrogen-bond acceptors (Lipinski definition) is 4. The van der Waals surface area contributed by atoms with Crippen LogP contribution in [0.25, 0.3) is 0 Å². The van der Waals surface area contributed by atoms with E-state index in [1.807, 2.05) is 36.7 Å². The molecule has 0 amide bonds. The Bertz CT molecular complexity index is 533. The molecule has 90 valence electrons. The Morgan fingerprint density at radius 3 is 2.71 bits per heavy atom. The summed E-state index contributed by atoms with van der Waals surface area (Å²) in [7, 11) is 1.98. The average molecular weight is 248 g/mol. The Morgan fingerprint density at radius 2 is 2.06 bits per heavy atom. The summed E-state index contributed by atoms with van der Waals surface area (Å²) in [5.74, 6) is 2.72. The van der Waals surface area contributed by atoms with Gasteiger partial charge in [-0.05, 0) is 31.5 Å². The molecule has 0 spiro atoms. The number of nitrogens with zero attached hydrogens (tertiary/aromatic N) is 3. The molecule has 4 nitrogen and oxygen atoms in total. The van der Waals surface area contributed by atoms with Gasteiger partial charge in [-0.3, -0.25) is 0 Å². The van der Waals surface area contributed by atoms with Gasteiger partial charge in [-0.25, -0.2) is 0 Å². The van der Waals surface area contributed by atoms with Crippen molar-refractivity contribution < 1.29 is 0 Å². The molecule has 1 aromatic carbocycles. The molecule has 0 radical (unpaired) electrons. The Labute approximate surface area is 105 Å². The first-order valence-corrected chi connectivity index (χ1v) is 6.40. The van der Waals surface area contributed by atoms with Crippen LogP contribution < -0.4 is 5.73 Å². The lowest BCUT2D eigenvalue weighted by Gasteiger charge is -2.06. The number of nitrogen functional groups attached to an aromatic ring is 1. The standard InChI is InChI=1S/C12H16N4S/c1-8-4-5-10(13)6-11(8)17-7-12-15-14-9(2)16(12)3/h4-6H,7,13H2,1-3H3. The number of nitrogens with two attached hydrogens (primary N) is 1. The molecule has 2 rings (SSSR count). The Kier molecular flexibility index (Phi) is 3.38. The van der Waals surface area contributed by atoms with Gasteiger partial charge in [-0.2, -0.15) is 0 Å². The minimum absolute atomic E-state index is 0.798. The molecule has 1 aromatic heterocycles. The van der Waals surface area contributed by atoms with Crippen molar-refractivity contribution >= 4 is 17.4 Å². The van der Waals surface area contributed by atoms with Crippen LogP contribution in [0.5, 0.6) is 0 Å². The summed E-state index contributed by atoms with van der Waals surface area (Å²) < 4.78 is 2.01. The first kappa shape index (κ1) is 12.0. The Morgan fingerprint density at radius 1 is 1.29 bits per heavy atom. The summed E-state index contributed by atoms with van der Waals surface area (Å²) in [6.07, 6.45) is 0. The fraction of sp³-hybridized carbons (Fsp3) is 0.333. The zero-order valence-electron chi connectivity index (χ0n) is 10.3. The van der Waals surface area contributed by atoms with Crippen LogP contribution in [-0.4, -0.2) is 14.8 Å². The van der Waals surface area contributed by atoms with E-state index in [4.69, 9.17) is 5.73 Å². The molecular weight excluding hydrogens is 232 g/mol. The average Bonchev–Trinajstić information content (AvgIpc) is 2.62. The molecule has 2 aromatic rings. The van der Waals surface area contributed by atoms with E-state index in [0.717, 1.165) is 23.1 Å². The monoisotopic (exact) mass is 248 g/mol. The van der Waals surface area contributed by atoms with E-state index >= 15 is 0 Å². The number of aromatic nitrogens is 3. The van der Waals surface area contributed by atoms with Gasteiger partial charge in [0.05, 0.1) is 5.75 Å². The first-order valence-electron chi connectivity index (χ1n) is 5.41. The van der Waals surface area contributed by atoms with Gasteiger partial charge in [-0.15, -0.1) is 22.0 Å². The highest BCUT2D eigenvalue weighted by atomic mass is 32.2. The Balaban J connectivity index is 2.12. The highest BCUT2D eigenvalue weighted by Crippen LogP contribution is 2.27. The maximum atomic E-state index is 5.78. The van der Waals surface area contributed by atoms with E-state index in [1.165, 1.54) is 10.5 Å². The van der Waals surface area contributed by atoms with Crippen molar-refractivity contribution in [1.82, 2.24) is 14.8 Å². The predicted octanol–water partition coefficient (Wildman–Crippen LogP) is 2.31. The molecule has 2 N–H and O–H groups in total.